The summed E-state index contributed by atoms with van der Waals surface area (Å²) in [5.74, 6) is 2.57. The van der Waals surface area contributed by atoms with Crippen molar-refractivity contribution in [2.24, 2.45) is 16.8 Å². The fraction of sp³-hybridized carbons (Fsp3) is 0.889. The monoisotopic (exact) mass is 448 g/mol. The normalized spacial score (nSPS) is 24.8. The minimum absolute atomic E-state index is 0. The molecule has 3 aliphatic rings. The summed E-state index contributed by atoms with van der Waals surface area (Å²) < 4.78 is 0. The Labute approximate surface area is 163 Å². The third-order valence-corrected chi connectivity index (χ3v) is 5.55. The Morgan fingerprint density at radius 1 is 1.17 bits per heavy atom. The van der Waals surface area contributed by atoms with E-state index in [0.717, 1.165) is 50.8 Å². The summed E-state index contributed by atoms with van der Waals surface area (Å²) in [5, 5.41) is 6.90. The van der Waals surface area contributed by atoms with E-state index in [2.05, 4.69) is 20.5 Å². The summed E-state index contributed by atoms with van der Waals surface area (Å²) in [6.45, 7) is 2.72. The Morgan fingerprint density at radius 3 is 2.58 bits per heavy atom. The van der Waals surface area contributed by atoms with E-state index < -0.39 is 0 Å². The van der Waals surface area contributed by atoms with Crippen LogP contribution in [0.1, 0.15) is 57.8 Å². The maximum Gasteiger partial charge on any atom is 0.225 e. The van der Waals surface area contributed by atoms with Gasteiger partial charge in [-0.1, -0.05) is 25.7 Å². The predicted octanol–water partition coefficient (Wildman–Crippen LogP) is 2.75. The van der Waals surface area contributed by atoms with E-state index in [4.69, 9.17) is 0 Å². The van der Waals surface area contributed by atoms with E-state index in [1.54, 1.807) is 0 Å². The summed E-state index contributed by atoms with van der Waals surface area (Å²) in [4.78, 5) is 18.9. The van der Waals surface area contributed by atoms with Gasteiger partial charge in [-0.15, -0.1) is 24.0 Å². The third kappa shape index (κ3) is 5.77. The molecule has 0 aromatic rings. The first-order valence-corrected chi connectivity index (χ1v) is 9.52. The standard InChI is InChI=1S/C18H32N4O.HI/c1-19-18(20-11-4-5-14-8-9-14)21-16-10-12-22(13-16)17(23)15-6-2-3-7-15;/h14-16H,2-13H2,1H3,(H2,19,20,21);1H. The SMILES string of the molecule is CN=C(NCCCC1CC1)NC1CCN(C(=O)C2CCCC2)C1.I. The molecule has 0 aromatic carbocycles. The minimum Gasteiger partial charge on any atom is -0.356 e. The number of aliphatic imine (C=N–C) groups is 1. The van der Waals surface area contributed by atoms with Crippen LogP contribution in [0.2, 0.25) is 0 Å². The molecule has 0 aromatic heterocycles. The minimum atomic E-state index is 0. The van der Waals surface area contributed by atoms with Crippen LogP contribution in [0.4, 0.5) is 0 Å². The lowest BCUT2D eigenvalue weighted by atomic mass is 10.1. The number of halogens is 1. The summed E-state index contributed by atoms with van der Waals surface area (Å²) >= 11 is 0. The summed E-state index contributed by atoms with van der Waals surface area (Å²) in [5.41, 5.74) is 0. The van der Waals surface area contributed by atoms with E-state index in [1.807, 2.05) is 7.05 Å². The molecule has 138 valence electrons. The van der Waals surface area contributed by atoms with E-state index in [1.165, 1.54) is 38.5 Å². The highest BCUT2D eigenvalue weighted by Gasteiger charge is 2.32. The molecule has 1 unspecified atom stereocenters. The fourth-order valence-corrected chi connectivity index (χ4v) is 3.90. The van der Waals surface area contributed by atoms with E-state index in [0.29, 0.717) is 17.9 Å². The second kappa shape index (κ2) is 9.82. The molecule has 5 nitrogen and oxygen atoms in total. The van der Waals surface area contributed by atoms with Crippen LogP contribution < -0.4 is 10.6 Å². The Morgan fingerprint density at radius 2 is 1.92 bits per heavy atom. The molecule has 1 aliphatic heterocycles. The average molecular weight is 448 g/mol. The molecule has 6 heteroatoms. The van der Waals surface area contributed by atoms with Gasteiger partial charge in [0.15, 0.2) is 5.96 Å². The molecule has 3 rings (SSSR count). The van der Waals surface area contributed by atoms with Crippen molar-refractivity contribution < 1.29 is 4.79 Å². The van der Waals surface area contributed by atoms with Crippen LogP contribution in [-0.2, 0) is 4.79 Å². The zero-order chi connectivity index (χ0) is 16.1. The van der Waals surface area contributed by atoms with Crippen molar-refractivity contribution in [2.45, 2.75) is 63.8 Å². The molecular formula is C18H33IN4O. The van der Waals surface area contributed by atoms with Crippen LogP contribution in [0.3, 0.4) is 0 Å². The van der Waals surface area contributed by atoms with Gasteiger partial charge >= 0.3 is 0 Å². The van der Waals surface area contributed by atoms with Gasteiger partial charge in [0.1, 0.15) is 0 Å². The van der Waals surface area contributed by atoms with Crippen molar-refractivity contribution in [1.82, 2.24) is 15.5 Å². The van der Waals surface area contributed by atoms with Crippen molar-refractivity contribution in [2.75, 3.05) is 26.7 Å². The number of nitrogens with one attached hydrogen (secondary N) is 2. The Hall–Kier alpha value is -0.530. The van der Waals surface area contributed by atoms with Gasteiger partial charge in [0.2, 0.25) is 5.91 Å². The fourth-order valence-electron chi connectivity index (χ4n) is 3.90. The molecule has 24 heavy (non-hydrogen) atoms. The van der Waals surface area contributed by atoms with E-state index in [-0.39, 0.29) is 24.0 Å². The molecule has 2 aliphatic carbocycles. The molecule has 1 atom stereocenters. The van der Waals surface area contributed by atoms with Crippen LogP contribution >= 0.6 is 24.0 Å². The van der Waals surface area contributed by atoms with Crippen molar-refractivity contribution in [3.05, 3.63) is 0 Å². The quantitative estimate of drug-likeness (QED) is 0.285. The molecule has 0 spiro atoms. The summed E-state index contributed by atoms with van der Waals surface area (Å²) in [6, 6.07) is 0.343. The molecular weight excluding hydrogens is 415 g/mol. The second-order valence-corrected chi connectivity index (χ2v) is 7.48. The smallest absolute Gasteiger partial charge is 0.225 e. The summed E-state index contributed by atoms with van der Waals surface area (Å²) in [7, 11) is 1.83. The Kier molecular flexibility index (Phi) is 8.10. The lowest BCUT2D eigenvalue weighted by Crippen LogP contribution is -2.45. The van der Waals surface area contributed by atoms with Crippen LogP contribution in [0.25, 0.3) is 0 Å². The topological polar surface area (TPSA) is 56.7 Å². The van der Waals surface area contributed by atoms with Crippen LogP contribution in [0.15, 0.2) is 4.99 Å². The average Bonchev–Trinajstić information content (AvgIpc) is 3.05. The molecule has 3 fully saturated rings. The first-order valence-electron chi connectivity index (χ1n) is 9.52. The van der Waals surface area contributed by atoms with Crippen LogP contribution in [-0.4, -0.2) is 49.5 Å². The molecule has 1 amide bonds. The molecule has 1 heterocycles. The second-order valence-electron chi connectivity index (χ2n) is 7.48. The maximum absolute atomic E-state index is 12.5. The van der Waals surface area contributed by atoms with Gasteiger partial charge < -0.3 is 15.5 Å². The highest BCUT2D eigenvalue weighted by atomic mass is 127. The highest BCUT2D eigenvalue weighted by molar-refractivity contribution is 14.0. The van der Waals surface area contributed by atoms with Gasteiger partial charge in [0.05, 0.1) is 0 Å². The van der Waals surface area contributed by atoms with Gasteiger partial charge in [-0.3, -0.25) is 9.79 Å². The first kappa shape index (κ1) is 19.8. The number of amides is 1. The number of hydrogen-bond donors (Lipinski definition) is 2. The number of hydrogen-bond acceptors (Lipinski definition) is 2. The Balaban J connectivity index is 0.00000208. The number of rotatable bonds is 6. The number of guanidine groups is 1. The molecule has 2 saturated carbocycles. The number of carbonyl (C=O) groups is 1. The highest BCUT2D eigenvalue weighted by Crippen LogP contribution is 2.33. The molecule has 0 radical (unpaired) electrons. The largest absolute Gasteiger partial charge is 0.356 e. The van der Waals surface area contributed by atoms with Gasteiger partial charge in [0, 0.05) is 38.6 Å². The zero-order valence-corrected chi connectivity index (χ0v) is 17.3. The van der Waals surface area contributed by atoms with Gasteiger partial charge in [-0.2, -0.15) is 0 Å². The van der Waals surface area contributed by atoms with Crippen molar-refractivity contribution >= 4 is 35.8 Å². The maximum atomic E-state index is 12.5. The number of likely N-dealkylation sites (tertiary alicyclic amines) is 1. The molecule has 2 N–H and O–H groups in total. The molecule has 1 saturated heterocycles. The predicted molar refractivity (Wildman–Crippen MR) is 109 cm³/mol. The number of carbonyl (C=O) groups excluding carboxylic acids is 1. The van der Waals surface area contributed by atoms with E-state index >= 15 is 0 Å². The van der Waals surface area contributed by atoms with Crippen molar-refractivity contribution in [3.63, 3.8) is 0 Å². The lowest BCUT2D eigenvalue weighted by Gasteiger charge is -2.21. The number of nitrogens with zero attached hydrogens (tertiary/aromatic N) is 2. The zero-order valence-electron chi connectivity index (χ0n) is 14.9. The third-order valence-electron chi connectivity index (χ3n) is 5.55. The van der Waals surface area contributed by atoms with E-state index in [9.17, 15) is 4.79 Å². The summed E-state index contributed by atoms with van der Waals surface area (Å²) in [6.07, 6.45) is 11.1. The van der Waals surface area contributed by atoms with Gasteiger partial charge in [0.25, 0.3) is 0 Å². The lowest BCUT2D eigenvalue weighted by molar-refractivity contribution is -0.134. The van der Waals surface area contributed by atoms with Crippen molar-refractivity contribution in [3.8, 4) is 0 Å². The van der Waals surface area contributed by atoms with Gasteiger partial charge in [-0.05, 0) is 38.0 Å². The van der Waals surface area contributed by atoms with Gasteiger partial charge in [-0.25, -0.2) is 0 Å². The van der Waals surface area contributed by atoms with Crippen molar-refractivity contribution in [1.29, 1.82) is 0 Å². The first-order chi connectivity index (χ1) is 11.3. The molecule has 0 bridgehead atoms. The van der Waals surface area contributed by atoms with Crippen LogP contribution in [0.5, 0.6) is 0 Å². The van der Waals surface area contributed by atoms with Crippen LogP contribution in [0, 0.1) is 11.8 Å². The Bertz CT molecular complexity index is 433.